The van der Waals surface area contributed by atoms with Crippen LogP contribution < -0.4 is 4.74 Å². The minimum Gasteiger partial charge on any atom is -0.479 e. The Bertz CT molecular complexity index is 1300. The molecule has 1 N–H and O–H groups in total. The smallest absolute Gasteiger partial charge is 0.344 e. The number of hydrogen-bond acceptors (Lipinski definition) is 4. The Balaban J connectivity index is 1.40. The Labute approximate surface area is 201 Å². The van der Waals surface area contributed by atoms with Gasteiger partial charge in [-0.2, -0.15) is 0 Å². The SMILES string of the molecule is CC(Oc1ccccc1CSc1ccc(C=Cc2ccc3ccc(Cl)cc3n2)cc1)C(=O)O. The molecule has 4 aromatic rings. The molecule has 4 nitrogen and oxygen atoms in total. The molecule has 0 bridgehead atoms. The summed E-state index contributed by atoms with van der Waals surface area (Å²) in [5, 5.41) is 10.8. The molecule has 1 heterocycles. The zero-order chi connectivity index (χ0) is 23.2. The molecule has 0 amide bonds. The third kappa shape index (κ3) is 6.15. The van der Waals surface area contributed by atoms with Crippen molar-refractivity contribution < 1.29 is 14.6 Å². The number of halogens is 1. The molecule has 3 aromatic carbocycles. The molecule has 0 saturated heterocycles. The van der Waals surface area contributed by atoms with Crippen molar-refractivity contribution in [3.63, 3.8) is 0 Å². The lowest BCUT2D eigenvalue weighted by Crippen LogP contribution is -2.23. The van der Waals surface area contributed by atoms with Crippen molar-refractivity contribution in [1.29, 1.82) is 0 Å². The fraction of sp³-hybridized carbons (Fsp3) is 0.111. The lowest BCUT2D eigenvalue weighted by molar-refractivity contribution is -0.144. The predicted molar refractivity (Wildman–Crippen MR) is 136 cm³/mol. The number of nitrogens with zero attached hydrogens (tertiary/aromatic N) is 1. The summed E-state index contributed by atoms with van der Waals surface area (Å²) >= 11 is 7.75. The van der Waals surface area contributed by atoms with Crippen molar-refractivity contribution in [2.24, 2.45) is 0 Å². The van der Waals surface area contributed by atoms with Gasteiger partial charge in [0.2, 0.25) is 0 Å². The Morgan fingerprint density at radius 3 is 2.61 bits per heavy atom. The predicted octanol–water partition coefficient (Wildman–Crippen LogP) is 7.20. The van der Waals surface area contributed by atoms with E-state index in [2.05, 4.69) is 29.2 Å². The van der Waals surface area contributed by atoms with E-state index in [1.807, 2.05) is 60.7 Å². The van der Waals surface area contributed by atoms with Crippen molar-refractivity contribution in [1.82, 2.24) is 4.98 Å². The van der Waals surface area contributed by atoms with Gasteiger partial charge < -0.3 is 9.84 Å². The first-order chi connectivity index (χ1) is 16.0. The highest BCUT2D eigenvalue weighted by Gasteiger charge is 2.14. The molecule has 0 saturated carbocycles. The van der Waals surface area contributed by atoms with E-state index < -0.39 is 12.1 Å². The fourth-order valence-electron chi connectivity index (χ4n) is 3.20. The highest BCUT2D eigenvalue weighted by atomic mass is 35.5. The van der Waals surface area contributed by atoms with Gasteiger partial charge in [0.15, 0.2) is 6.10 Å². The van der Waals surface area contributed by atoms with Gasteiger partial charge in [0.25, 0.3) is 0 Å². The summed E-state index contributed by atoms with van der Waals surface area (Å²) in [5.74, 6) is 0.300. The molecule has 1 unspecified atom stereocenters. The van der Waals surface area contributed by atoms with Gasteiger partial charge in [-0.3, -0.25) is 0 Å². The second kappa shape index (κ2) is 10.6. The van der Waals surface area contributed by atoms with E-state index in [0.29, 0.717) is 16.5 Å². The summed E-state index contributed by atoms with van der Waals surface area (Å²) in [6.45, 7) is 1.53. The number of ether oxygens (including phenoxy) is 1. The van der Waals surface area contributed by atoms with Crippen LogP contribution in [0.1, 0.15) is 23.7 Å². The van der Waals surface area contributed by atoms with E-state index in [1.165, 1.54) is 6.92 Å². The molecule has 0 fully saturated rings. The zero-order valence-electron chi connectivity index (χ0n) is 17.9. The lowest BCUT2D eigenvalue weighted by Gasteiger charge is -2.14. The van der Waals surface area contributed by atoms with Gasteiger partial charge >= 0.3 is 5.97 Å². The molecule has 166 valence electrons. The maximum Gasteiger partial charge on any atom is 0.344 e. The molecular formula is C27H22ClNO3S. The molecule has 1 atom stereocenters. The Kier molecular flexibility index (Phi) is 7.33. The molecule has 1 aromatic heterocycles. The standard InChI is InChI=1S/C27H22ClNO3S/c1-18(27(30)31)32-26-5-3-2-4-21(26)17-33-24-14-7-19(8-15-24)6-12-23-13-10-20-9-11-22(28)16-25(20)29-23/h2-16,18H,17H2,1H3,(H,30,31). The summed E-state index contributed by atoms with van der Waals surface area (Å²) < 4.78 is 5.59. The fourth-order valence-corrected chi connectivity index (χ4v) is 4.25. The molecule has 0 aliphatic heterocycles. The number of pyridine rings is 1. The van der Waals surface area contributed by atoms with E-state index in [9.17, 15) is 4.79 Å². The summed E-state index contributed by atoms with van der Waals surface area (Å²) in [4.78, 5) is 16.9. The van der Waals surface area contributed by atoms with Gasteiger partial charge in [-0.25, -0.2) is 9.78 Å². The van der Waals surface area contributed by atoms with E-state index in [1.54, 1.807) is 17.8 Å². The Hall–Kier alpha value is -3.28. The number of hydrogen-bond donors (Lipinski definition) is 1. The Morgan fingerprint density at radius 1 is 1.06 bits per heavy atom. The number of benzene rings is 3. The average molecular weight is 476 g/mol. The van der Waals surface area contributed by atoms with Crippen LogP contribution in [0.2, 0.25) is 5.02 Å². The first kappa shape index (κ1) is 22.9. The van der Waals surface area contributed by atoms with Crippen molar-refractivity contribution in [2.45, 2.75) is 23.7 Å². The molecule has 33 heavy (non-hydrogen) atoms. The molecule has 0 spiro atoms. The first-order valence-corrected chi connectivity index (χ1v) is 11.8. The van der Waals surface area contributed by atoms with Gasteiger partial charge in [0.05, 0.1) is 11.2 Å². The van der Waals surface area contributed by atoms with Gasteiger partial charge in [-0.1, -0.05) is 60.1 Å². The highest BCUT2D eigenvalue weighted by Crippen LogP contribution is 2.29. The second-order valence-electron chi connectivity index (χ2n) is 7.47. The van der Waals surface area contributed by atoms with Crippen LogP contribution in [0.25, 0.3) is 23.1 Å². The number of carboxylic acids is 1. The van der Waals surface area contributed by atoms with E-state index in [-0.39, 0.29) is 0 Å². The van der Waals surface area contributed by atoms with E-state index in [0.717, 1.165) is 32.6 Å². The number of aliphatic carboxylic acids is 1. The number of fused-ring (bicyclic) bond motifs is 1. The summed E-state index contributed by atoms with van der Waals surface area (Å²) in [7, 11) is 0. The van der Waals surface area contributed by atoms with Crippen LogP contribution in [0, 0.1) is 0 Å². The maximum absolute atomic E-state index is 11.1. The zero-order valence-corrected chi connectivity index (χ0v) is 19.5. The Morgan fingerprint density at radius 2 is 1.82 bits per heavy atom. The van der Waals surface area contributed by atoms with Crippen molar-refractivity contribution in [3.05, 3.63) is 101 Å². The first-order valence-electron chi connectivity index (χ1n) is 10.4. The number of thioether (sulfide) groups is 1. The second-order valence-corrected chi connectivity index (χ2v) is 8.96. The molecule has 4 rings (SSSR count). The van der Waals surface area contributed by atoms with Crippen LogP contribution in [0.5, 0.6) is 5.75 Å². The maximum atomic E-state index is 11.1. The monoisotopic (exact) mass is 475 g/mol. The van der Waals surface area contributed by atoms with Crippen molar-refractivity contribution in [3.8, 4) is 5.75 Å². The van der Waals surface area contributed by atoms with Crippen LogP contribution >= 0.6 is 23.4 Å². The third-order valence-electron chi connectivity index (χ3n) is 5.02. The van der Waals surface area contributed by atoms with E-state index >= 15 is 0 Å². The van der Waals surface area contributed by atoms with Crippen molar-refractivity contribution >= 4 is 52.4 Å². The van der Waals surface area contributed by atoms with Crippen LogP contribution in [0.4, 0.5) is 0 Å². The molecule has 0 aliphatic carbocycles. The number of para-hydroxylation sites is 1. The molecule has 6 heteroatoms. The number of aromatic nitrogens is 1. The number of rotatable bonds is 8. The van der Waals surface area contributed by atoms with Crippen LogP contribution in [0.3, 0.4) is 0 Å². The summed E-state index contributed by atoms with van der Waals surface area (Å²) in [6.07, 6.45) is 3.12. The van der Waals surface area contributed by atoms with Gasteiger partial charge in [-0.15, -0.1) is 11.8 Å². The quantitative estimate of drug-likeness (QED) is 0.273. The normalized spacial score (nSPS) is 12.2. The average Bonchev–Trinajstić information content (AvgIpc) is 2.82. The molecule has 0 radical (unpaired) electrons. The highest BCUT2D eigenvalue weighted by molar-refractivity contribution is 7.98. The lowest BCUT2D eigenvalue weighted by atomic mass is 10.1. The van der Waals surface area contributed by atoms with Crippen LogP contribution in [0.15, 0.2) is 83.8 Å². The van der Waals surface area contributed by atoms with Gasteiger partial charge in [0.1, 0.15) is 5.75 Å². The minimum absolute atomic E-state index is 0.601. The third-order valence-corrected chi connectivity index (χ3v) is 6.32. The minimum atomic E-state index is -0.983. The topological polar surface area (TPSA) is 59.4 Å². The van der Waals surface area contributed by atoms with E-state index in [4.69, 9.17) is 21.4 Å². The molecule has 0 aliphatic rings. The molecular weight excluding hydrogens is 454 g/mol. The van der Waals surface area contributed by atoms with Crippen molar-refractivity contribution in [2.75, 3.05) is 0 Å². The number of carbonyl (C=O) groups is 1. The van der Waals surface area contributed by atoms with Gasteiger partial charge in [-0.05, 0) is 55.0 Å². The largest absolute Gasteiger partial charge is 0.479 e. The number of carboxylic acid groups (broad SMARTS) is 1. The van der Waals surface area contributed by atoms with Crippen LogP contribution in [-0.2, 0) is 10.5 Å². The summed E-state index contributed by atoms with van der Waals surface area (Å²) in [5.41, 5.74) is 3.78. The van der Waals surface area contributed by atoms with Crippen LogP contribution in [-0.4, -0.2) is 22.2 Å². The van der Waals surface area contributed by atoms with Gasteiger partial charge in [0, 0.05) is 26.6 Å². The summed E-state index contributed by atoms with van der Waals surface area (Å²) in [6, 6.07) is 25.5.